The van der Waals surface area contributed by atoms with Crippen LogP contribution in [0.3, 0.4) is 0 Å². The highest BCUT2D eigenvalue weighted by Crippen LogP contribution is 2.36. The van der Waals surface area contributed by atoms with Gasteiger partial charge >= 0.3 is 6.18 Å². The Morgan fingerprint density at radius 3 is 2.64 bits per heavy atom. The van der Waals surface area contributed by atoms with E-state index in [2.05, 4.69) is 25.6 Å². The number of halogens is 3. The number of phenolic OH excluding ortho intramolecular Hbond substituents is 1. The van der Waals surface area contributed by atoms with Crippen molar-refractivity contribution in [2.75, 3.05) is 31.6 Å². The Morgan fingerprint density at radius 1 is 1.33 bits per heavy atom. The van der Waals surface area contributed by atoms with Gasteiger partial charge in [0.05, 0.1) is 17.9 Å². The van der Waals surface area contributed by atoms with E-state index in [-0.39, 0.29) is 31.3 Å². The number of alkyl halides is 3. The summed E-state index contributed by atoms with van der Waals surface area (Å²) in [5, 5.41) is 41.3. The van der Waals surface area contributed by atoms with Crippen LogP contribution in [0.5, 0.6) is 5.75 Å². The first-order valence-electron chi connectivity index (χ1n) is 10.2. The van der Waals surface area contributed by atoms with Crippen LogP contribution in [-0.2, 0) is 15.7 Å². The number of aromatic nitrogens is 2. The summed E-state index contributed by atoms with van der Waals surface area (Å²) >= 11 is 0. The SMILES string of the molecule is Cc1cc(NC2CCCNC2)nnc1-c1ccc(C(F)(F)F)cc1O.O=COCC(O)CO. The molecule has 9 nitrogen and oxygen atoms in total. The number of hydrogen-bond acceptors (Lipinski definition) is 9. The summed E-state index contributed by atoms with van der Waals surface area (Å²) in [5.41, 5.74) is 0.404. The summed E-state index contributed by atoms with van der Waals surface area (Å²) < 4.78 is 42.2. The van der Waals surface area contributed by atoms with Crippen LogP contribution in [0.4, 0.5) is 19.0 Å². The van der Waals surface area contributed by atoms with Gasteiger partial charge in [0, 0.05) is 18.2 Å². The number of phenols is 1. The first-order chi connectivity index (χ1) is 15.7. The second-order valence-corrected chi connectivity index (χ2v) is 7.44. The molecular weight excluding hydrogens is 445 g/mol. The molecule has 1 aliphatic heterocycles. The molecule has 2 aromatic rings. The smallest absolute Gasteiger partial charge is 0.416 e. The fourth-order valence-electron chi connectivity index (χ4n) is 3.12. The molecule has 5 N–H and O–H groups in total. The third kappa shape index (κ3) is 8.15. The van der Waals surface area contributed by atoms with Gasteiger partial charge in [-0.2, -0.15) is 13.2 Å². The molecule has 0 radical (unpaired) electrons. The van der Waals surface area contributed by atoms with Crippen LogP contribution in [-0.4, -0.2) is 70.4 Å². The minimum Gasteiger partial charge on any atom is -0.507 e. The molecule has 2 atom stereocenters. The average molecular weight is 472 g/mol. The normalized spacial score (nSPS) is 16.8. The zero-order valence-corrected chi connectivity index (χ0v) is 18.0. The van der Waals surface area contributed by atoms with E-state index < -0.39 is 23.6 Å². The van der Waals surface area contributed by atoms with Crippen molar-refractivity contribution < 1.29 is 38.0 Å². The fraction of sp³-hybridized carbons (Fsp3) is 0.476. The second-order valence-electron chi connectivity index (χ2n) is 7.44. The number of anilines is 1. The van der Waals surface area contributed by atoms with Crippen LogP contribution in [0, 0.1) is 6.92 Å². The zero-order chi connectivity index (χ0) is 24.4. The van der Waals surface area contributed by atoms with Crippen LogP contribution in [0.25, 0.3) is 11.3 Å². The number of nitrogens with one attached hydrogen (secondary N) is 2. The molecule has 12 heteroatoms. The Balaban J connectivity index is 0.000000414. The number of aliphatic hydroxyl groups is 2. The number of nitrogens with zero attached hydrogens (tertiary/aromatic N) is 2. The molecule has 182 valence electrons. The van der Waals surface area contributed by atoms with E-state index in [9.17, 15) is 23.1 Å². The lowest BCUT2D eigenvalue weighted by Gasteiger charge is -2.24. The third-order valence-corrected chi connectivity index (χ3v) is 4.78. The summed E-state index contributed by atoms with van der Waals surface area (Å²) in [4.78, 5) is 9.41. The summed E-state index contributed by atoms with van der Waals surface area (Å²) in [6, 6.07) is 4.90. The molecule has 0 spiro atoms. The third-order valence-electron chi connectivity index (χ3n) is 4.78. The Bertz CT molecular complexity index is 908. The lowest BCUT2D eigenvalue weighted by Crippen LogP contribution is -2.38. The van der Waals surface area contributed by atoms with Gasteiger partial charge in [0.1, 0.15) is 24.3 Å². The van der Waals surface area contributed by atoms with Crippen molar-refractivity contribution in [3.05, 3.63) is 35.4 Å². The Labute approximate surface area is 188 Å². The molecule has 1 aliphatic rings. The van der Waals surface area contributed by atoms with Crippen LogP contribution in [0.15, 0.2) is 24.3 Å². The van der Waals surface area contributed by atoms with E-state index in [1.165, 1.54) is 6.07 Å². The predicted molar refractivity (Wildman–Crippen MR) is 113 cm³/mol. The molecule has 0 aliphatic carbocycles. The largest absolute Gasteiger partial charge is 0.507 e. The molecule has 2 heterocycles. The van der Waals surface area contributed by atoms with Gasteiger partial charge in [0.15, 0.2) is 0 Å². The number of aliphatic hydroxyl groups excluding tert-OH is 2. The van der Waals surface area contributed by atoms with Crippen molar-refractivity contribution in [3.63, 3.8) is 0 Å². The van der Waals surface area contributed by atoms with Crippen LogP contribution in [0.1, 0.15) is 24.0 Å². The number of benzene rings is 1. The van der Waals surface area contributed by atoms with Crippen LogP contribution < -0.4 is 10.6 Å². The number of aromatic hydroxyl groups is 1. The first-order valence-corrected chi connectivity index (χ1v) is 10.2. The standard InChI is InChI=1S/C17H19F3N4O.C4H8O4/c1-10-7-15(22-12-3-2-6-21-9-12)23-24-16(10)13-5-4-11(8-14(13)25)17(18,19)20;5-1-4(7)2-8-3-6/h4-5,7-8,12,21,25H,2-3,6,9H2,1H3,(H,22,23);3-5,7H,1-2H2. The van der Waals surface area contributed by atoms with E-state index in [0.717, 1.165) is 37.6 Å². The number of carbonyl (C=O) groups is 1. The van der Waals surface area contributed by atoms with Gasteiger partial charge in [-0.05, 0) is 56.1 Å². The molecule has 0 bridgehead atoms. The molecule has 1 aromatic heterocycles. The lowest BCUT2D eigenvalue weighted by molar-refractivity contribution is -0.137. The predicted octanol–water partition coefficient (Wildman–Crippen LogP) is 1.85. The molecule has 0 saturated carbocycles. The van der Waals surface area contributed by atoms with E-state index in [1.807, 2.05) is 0 Å². The van der Waals surface area contributed by atoms with Gasteiger partial charge in [0.25, 0.3) is 6.47 Å². The number of piperidine rings is 1. The van der Waals surface area contributed by atoms with E-state index in [4.69, 9.17) is 10.2 Å². The van der Waals surface area contributed by atoms with E-state index in [0.29, 0.717) is 17.6 Å². The van der Waals surface area contributed by atoms with Gasteiger partial charge in [0.2, 0.25) is 0 Å². The Kier molecular flexibility index (Phi) is 9.82. The molecule has 2 unspecified atom stereocenters. The summed E-state index contributed by atoms with van der Waals surface area (Å²) in [6.07, 6.45) is -3.32. The average Bonchev–Trinajstić information content (AvgIpc) is 2.78. The van der Waals surface area contributed by atoms with Crippen molar-refractivity contribution in [2.24, 2.45) is 0 Å². The monoisotopic (exact) mass is 472 g/mol. The topological polar surface area (TPSA) is 137 Å². The van der Waals surface area contributed by atoms with Gasteiger partial charge in [-0.15, -0.1) is 10.2 Å². The number of ether oxygens (including phenoxy) is 1. The van der Waals surface area contributed by atoms with Crippen molar-refractivity contribution in [2.45, 2.75) is 38.1 Å². The maximum Gasteiger partial charge on any atom is 0.416 e. The summed E-state index contributed by atoms with van der Waals surface area (Å²) in [6.45, 7) is 3.34. The Morgan fingerprint density at radius 2 is 2.09 bits per heavy atom. The van der Waals surface area contributed by atoms with Crippen molar-refractivity contribution in [1.82, 2.24) is 15.5 Å². The minimum atomic E-state index is -4.50. The van der Waals surface area contributed by atoms with Gasteiger partial charge < -0.3 is 30.7 Å². The highest BCUT2D eigenvalue weighted by molar-refractivity contribution is 5.70. The molecule has 3 rings (SSSR count). The number of aryl methyl sites for hydroxylation is 1. The minimum absolute atomic E-state index is 0.139. The quantitative estimate of drug-likeness (QED) is 0.382. The zero-order valence-electron chi connectivity index (χ0n) is 18.0. The molecular formula is C21H27F3N4O5. The van der Waals surface area contributed by atoms with Crippen molar-refractivity contribution in [1.29, 1.82) is 0 Å². The molecule has 1 aromatic carbocycles. The lowest BCUT2D eigenvalue weighted by atomic mass is 10.0. The summed E-state index contributed by atoms with van der Waals surface area (Å²) in [7, 11) is 0. The second kappa shape index (κ2) is 12.3. The van der Waals surface area contributed by atoms with Gasteiger partial charge in [-0.1, -0.05) is 0 Å². The molecule has 1 fully saturated rings. The molecule has 1 saturated heterocycles. The molecule has 0 amide bonds. The van der Waals surface area contributed by atoms with Crippen LogP contribution in [0.2, 0.25) is 0 Å². The van der Waals surface area contributed by atoms with Gasteiger partial charge in [-0.3, -0.25) is 4.79 Å². The van der Waals surface area contributed by atoms with E-state index >= 15 is 0 Å². The molecule has 33 heavy (non-hydrogen) atoms. The fourth-order valence-corrected chi connectivity index (χ4v) is 3.12. The van der Waals surface area contributed by atoms with Crippen LogP contribution >= 0.6 is 0 Å². The van der Waals surface area contributed by atoms with Crippen molar-refractivity contribution >= 4 is 12.3 Å². The number of rotatable bonds is 7. The maximum absolute atomic E-state index is 12.7. The Hall–Kier alpha value is -2.96. The van der Waals surface area contributed by atoms with Gasteiger partial charge in [-0.25, -0.2) is 0 Å². The first kappa shape index (κ1) is 26.3. The maximum atomic E-state index is 12.7. The number of carbonyl (C=O) groups excluding carboxylic acids is 1. The number of hydrogen-bond donors (Lipinski definition) is 5. The van der Waals surface area contributed by atoms with E-state index in [1.54, 1.807) is 13.0 Å². The van der Waals surface area contributed by atoms with Crippen molar-refractivity contribution in [3.8, 4) is 17.0 Å². The highest BCUT2D eigenvalue weighted by atomic mass is 19.4. The highest BCUT2D eigenvalue weighted by Gasteiger charge is 2.31. The summed E-state index contributed by atoms with van der Waals surface area (Å²) in [5.74, 6) is 0.144.